The van der Waals surface area contributed by atoms with Crippen LogP contribution >= 0.6 is 11.6 Å². The summed E-state index contributed by atoms with van der Waals surface area (Å²) in [5.74, 6) is -1.56. The van der Waals surface area contributed by atoms with Crippen molar-refractivity contribution in [1.82, 2.24) is 5.32 Å². The van der Waals surface area contributed by atoms with E-state index in [-0.39, 0.29) is 25.4 Å². The number of amides is 2. The SMILES string of the molecule is Cc1ccc(C(OC(=O)CC[C@H](NC(=O)OCC2c3ccccc3-c3ccccc32)C(N)=O)(c2ccccc2)c2ccccc2Cl)cc1. The standard InChI is InChI=1S/C40H35ClN2O5/c1-26-19-21-28(22-20-26)40(27-11-3-2-4-12-27,34-17-9-10-18-35(34)41)48-37(44)24-23-36(38(42)45)43-39(46)47-25-33-31-15-7-5-13-29(31)30-14-6-8-16-32(30)33/h2-22,33,36H,23-25H2,1H3,(H2,42,45)(H,43,46)/t36-,40?/m0/s1. The number of rotatable bonds is 11. The van der Waals surface area contributed by atoms with Crippen molar-refractivity contribution in [3.8, 4) is 11.1 Å². The van der Waals surface area contributed by atoms with Crippen molar-refractivity contribution >= 4 is 29.6 Å². The van der Waals surface area contributed by atoms with Gasteiger partial charge in [-0.25, -0.2) is 4.79 Å². The smallest absolute Gasteiger partial charge is 0.407 e. The van der Waals surface area contributed by atoms with Crippen LogP contribution in [0, 0.1) is 6.92 Å². The molecule has 6 rings (SSSR count). The van der Waals surface area contributed by atoms with Crippen molar-refractivity contribution in [1.29, 1.82) is 0 Å². The van der Waals surface area contributed by atoms with Gasteiger partial charge in [0.05, 0.1) is 0 Å². The second-order valence-corrected chi connectivity index (χ2v) is 12.2. The fourth-order valence-corrected chi connectivity index (χ4v) is 6.68. The Bertz CT molecular complexity index is 1900. The molecule has 0 heterocycles. The molecule has 0 spiro atoms. The number of hydrogen-bond acceptors (Lipinski definition) is 5. The maximum Gasteiger partial charge on any atom is 0.407 e. The van der Waals surface area contributed by atoms with Crippen molar-refractivity contribution in [2.24, 2.45) is 5.73 Å². The minimum absolute atomic E-state index is 0.0708. The summed E-state index contributed by atoms with van der Waals surface area (Å²) in [6, 6.07) is 39.1. The average Bonchev–Trinajstić information content (AvgIpc) is 3.42. The van der Waals surface area contributed by atoms with Gasteiger partial charge >= 0.3 is 12.1 Å². The second-order valence-electron chi connectivity index (χ2n) is 11.8. The molecular weight excluding hydrogens is 624 g/mol. The number of halogens is 1. The van der Waals surface area contributed by atoms with Gasteiger partial charge in [-0.3, -0.25) is 9.59 Å². The lowest BCUT2D eigenvalue weighted by atomic mass is 9.79. The zero-order chi connectivity index (χ0) is 33.7. The number of carbonyl (C=O) groups is 3. The third-order valence-electron chi connectivity index (χ3n) is 8.77. The van der Waals surface area contributed by atoms with Crippen molar-refractivity contribution < 1.29 is 23.9 Å². The number of esters is 1. The first-order valence-corrected chi connectivity index (χ1v) is 16.2. The second kappa shape index (κ2) is 14.2. The lowest BCUT2D eigenvalue weighted by Gasteiger charge is -2.36. The van der Waals surface area contributed by atoms with Crippen LogP contribution in [0.25, 0.3) is 11.1 Å². The zero-order valence-electron chi connectivity index (χ0n) is 26.4. The number of alkyl carbamates (subject to hydrolysis) is 1. The Kier molecular flexibility index (Phi) is 9.60. The van der Waals surface area contributed by atoms with E-state index in [4.69, 9.17) is 26.8 Å². The number of primary amides is 1. The third-order valence-corrected chi connectivity index (χ3v) is 9.10. The molecule has 7 nitrogen and oxygen atoms in total. The molecule has 5 aromatic rings. The van der Waals surface area contributed by atoms with E-state index >= 15 is 0 Å². The molecule has 0 bridgehead atoms. The first kappa shape index (κ1) is 32.5. The highest BCUT2D eigenvalue weighted by Gasteiger charge is 2.42. The van der Waals surface area contributed by atoms with Crippen LogP contribution in [-0.2, 0) is 24.7 Å². The molecule has 0 saturated carbocycles. The molecule has 0 radical (unpaired) electrons. The average molecular weight is 659 g/mol. The van der Waals surface area contributed by atoms with E-state index in [2.05, 4.69) is 5.32 Å². The first-order valence-electron chi connectivity index (χ1n) is 15.8. The maximum absolute atomic E-state index is 13.7. The number of fused-ring (bicyclic) bond motifs is 3. The van der Waals surface area contributed by atoms with E-state index < -0.39 is 29.6 Å². The van der Waals surface area contributed by atoms with Crippen molar-refractivity contribution in [3.05, 3.63) is 166 Å². The quantitative estimate of drug-likeness (QED) is 0.112. The van der Waals surface area contributed by atoms with Gasteiger partial charge in [0.2, 0.25) is 5.91 Å². The maximum atomic E-state index is 13.7. The fourth-order valence-electron chi connectivity index (χ4n) is 6.41. The van der Waals surface area contributed by atoms with Gasteiger partial charge < -0.3 is 20.5 Å². The molecule has 1 unspecified atom stereocenters. The van der Waals surface area contributed by atoms with Crippen LogP contribution < -0.4 is 11.1 Å². The number of benzene rings is 5. The molecule has 5 aromatic carbocycles. The topological polar surface area (TPSA) is 108 Å². The van der Waals surface area contributed by atoms with Crippen LogP contribution in [0.5, 0.6) is 0 Å². The van der Waals surface area contributed by atoms with Crippen LogP contribution in [0.3, 0.4) is 0 Å². The Morgan fingerprint density at radius 1 is 0.771 bits per heavy atom. The lowest BCUT2D eigenvalue weighted by molar-refractivity contribution is -0.153. The summed E-state index contributed by atoms with van der Waals surface area (Å²) in [4.78, 5) is 39.1. The van der Waals surface area contributed by atoms with Crippen LogP contribution in [0.4, 0.5) is 4.79 Å². The Morgan fingerprint density at radius 3 is 1.96 bits per heavy atom. The van der Waals surface area contributed by atoms with Gasteiger partial charge in [0.25, 0.3) is 0 Å². The number of hydrogen-bond donors (Lipinski definition) is 2. The molecule has 8 heteroatoms. The van der Waals surface area contributed by atoms with Gasteiger partial charge in [-0.05, 0) is 41.7 Å². The molecule has 0 saturated heterocycles. The summed E-state index contributed by atoms with van der Waals surface area (Å²) in [5, 5.41) is 2.97. The van der Waals surface area contributed by atoms with E-state index in [9.17, 15) is 14.4 Å². The summed E-state index contributed by atoms with van der Waals surface area (Å²) >= 11 is 6.77. The molecule has 48 heavy (non-hydrogen) atoms. The molecule has 0 aromatic heterocycles. The van der Waals surface area contributed by atoms with E-state index in [0.717, 1.165) is 27.8 Å². The first-order chi connectivity index (χ1) is 23.3. The molecular formula is C40H35ClN2O5. The lowest BCUT2D eigenvalue weighted by Crippen LogP contribution is -2.45. The number of carbonyl (C=O) groups excluding carboxylic acids is 3. The van der Waals surface area contributed by atoms with Crippen LogP contribution in [0.1, 0.15) is 52.1 Å². The molecule has 1 aliphatic rings. The van der Waals surface area contributed by atoms with Crippen LogP contribution in [0.15, 0.2) is 127 Å². The van der Waals surface area contributed by atoms with Crippen LogP contribution in [0.2, 0.25) is 5.02 Å². The summed E-state index contributed by atoms with van der Waals surface area (Å²) < 4.78 is 12.0. The van der Waals surface area contributed by atoms with Crippen molar-refractivity contribution in [2.75, 3.05) is 6.61 Å². The highest BCUT2D eigenvalue weighted by Crippen LogP contribution is 2.45. The van der Waals surface area contributed by atoms with Gasteiger partial charge in [0.1, 0.15) is 12.6 Å². The highest BCUT2D eigenvalue weighted by molar-refractivity contribution is 6.31. The predicted molar refractivity (Wildman–Crippen MR) is 185 cm³/mol. The Labute approximate surface area is 284 Å². The Balaban J connectivity index is 1.18. The molecule has 242 valence electrons. The third kappa shape index (κ3) is 6.55. The van der Waals surface area contributed by atoms with Gasteiger partial charge in [-0.15, -0.1) is 0 Å². The minimum Gasteiger partial charge on any atom is -0.449 e. The van der Waals surface area contributed by atoms with Crippen LogP contribution in [-0.4, -0.2) is 30.6 Å². The monoisotopic (exact) mass is 658 g/mol. The summed E-state index contributed by atoms with van der Waals surface area (Å²) in [5.41, 5.74) is 11.6. The number of aryl methyl sites for hydroxylation is 1. The Hall–Kier alpha value is -5.40. The van der Waals surface area contributed by atoms with E-state index in [1.807, 2.05) is 128 Å². The molecule has 0 aliphatic heterocycles. The molecule has 2 amide bonds. The largest absolute Gasteiger partial charge is 0.449 e. The zero-order valence-corrected chi connectivity index (χ0v) is 27.2. The normalized spacial score (nSPS) is 13.8. The number of nitrogens with two attached hydrogens (primary N) is 1. The molecule has 1 aliphatic carbocycles. The van der Waals surface area contributed by atoms with Crippen molar-refractivity contribution in [3.63, 3.8) is 0 Å². The summed E-state index contributed by atoms with van der Waals surface area (Å²) in [6.07, 6.45) is -1.12. The van der Waals surface area contributed by atoms with Gasteiger partial charge in [0.15, 0.2) is 5.60 Å². The molecule has 2 atom stereocenters. The van der Waals surface area contributed by atoms with Gasteiger partial charge in [-0.1, -0.05) is 138 Å². The molecule has 0 fully saturated rings. The van der Waals surface area contributed by atoms with E-state index in [0.29, 0.717) is 21.7 Å². The van der Waals surface area contributed by atoms with Gasteiger partial charge in [0, 0.05) is 34.1 Å². The van der Waals surface area contributed by atoms with E-state index in [1.54, 1.807) is 6.07 Å². The highest BCUT2D eigenvalue weighted by atomic mass is 35.5. The molecule has 3 N–H and O–H groups in total. The number of ether oxygens (including phenoxy) is 2. The summed E-state index contributed by atoms with van der Waals surface area (Å²) in [6.45, 7) is 2.05. The van der Waals surface area contributed by atoms with Gasteiger partial charge in [-0.2, -0.15) is 0 Å². The predicted octanol–water partition coefficient (Wildman–Crippen LogP) is 7.66. The number of nitrogens with one attached hydrogen (secondary N) is 1. The Morgan fingerprint density at radius 2 is 1.33 bits per heavy atom. The minimum atomic E-state index is -1.40. The van der Waals surface area contributed by atoms with Crippen molar-refractivity contribution in [2.45, 2.75) is 37.3 Å². The summed E-state index contributed by atoms with van der Waals surface area (Å²) in [7, 11) is 0. The van der Waals surface area contributed by atoms with E-state index in [1.165, 1.54) is 0 Å². The fraction of sp³-hybridized carbons (Fsp3) is 0.175.